The van der Waals surface area contributed by atoms with E-state index in [1.165, 1.54) is 0 Å². The molecule has 0 aromatic heterocycles. The van der Waals surface area contributed by atoms with Crippen LogP contribution in [0, 0.1) is 0 Å². The number of hydrogen-bond acceptors (Lipinski definition) is 4. The molecule has 0 amide bonds. The fourth-order valence-corrected chi connectivity index (χ4v) is 2.00. The number of aliphatic hydroxyl groups is 1. The molecule has 0 spiro atoms. The number of rotatable bonds is 4. The molecule has 1 fully saturated rings. The highest BCUT2D eigenvalue weighted by Crippen LogP contribution is 2.29. The molecule has 1 aliphatic heterocycles. The van der Waals surface area contributed by atoms with Gasteiger partial charge in [-0.25, -0.2) is 0 Å². The van der Waals surface area contributed by atoms with Crippen molar-refractivity contribution in [1.82, 2.24) is 0 Å². The Kier molecular flexibility index (Phi) is 4.02. The van der Waals surface area contributed by atoms with Gasteiger partial charge in [-0.15, -0.1) is 0 Å². The predicted molar refractivity (Wildman–Crippen MR) is 66.7 cm³/mol. The van der Waals surface area contributed by atoms with Crippen molar-refractivity contribution in [1.29, 1.82) is 0 Å². The maximum atomic E-state index is 9.76. The van der Waals surface area contributed by atoms with Gasteiger partial charge >= 0.3 is 0 Å². The Balaban J connectivity index is 1.87. The molecule has 0 saturated carbocycles. The van der Waals surface area contributed by atoms with E-state index in [1.807, 2.05) is 37.3 Å². The topological polar surface area (TPSA) is 47.9 Å². The molecule has 1 aromatic rings. The molecule has 100 valence electrons. The molecule has 1 N–H and O–H groups in total. The zero-order valence-electron chi connectivity index (χ0n) is 11.0. The van der Waals surface area contributed by atoms with E-state index in [-0.39, 0.29) is 6.10 Å². The first-order chi connectivity index (χ1) is 8.48. The van der Waals surface area contributed by atoms with Crippen LogP contribution in [-0.2, 0) is 20.8 Å². The van der Waals surface area contributed by atoms with E-state index in [9.17, 15) is 5.11 Å². The maximum Gasteiger partial charge on any atom is 0.187 e. The molecule has 1 heterocycles. The second-order valence-corrected chi connectivity index (χ2v) is 4.99. The van der Waals surface area contributed by atoms with Crippen LogP contribution in [0.15, 0.2) is 30.3 Å². The summed E-state index contributed by atoms with van der Waals surface area (Å²) in [5.41, 5.74) is 1.09. The van der Waals surface area contributed by atoms with Crippen molar-refractivity contribution < 1.29 is 19.3 Å². The molecule has 4 nitrogen and oxygen atoms in total. The largest absolute Gasteiger partial charge is 0.371 e. The Morgan fingerprint density at radius 1 is 1.28 bits per heavy atom. The molecule has 0 bridgehead atoms. The number of ether oxygens (including phenoxy) is 3. The van der Waals surface area contributed by atoms with Crippen molar-refractivity contribution >= 4 is 0 Å². The molecular weight excluding hydrogens is 232 g/mol. The summed E-state index contributed by atoms with van der Waals surface area (Å²) in [5, 5.41) is 9.76. The van der Waals surface area contributed by atoms with Crippen LogP contribution in [-0.4, -0.2) is 29.4 Å². The van der Waals surface area contributed by atoms with Crippen LogP contribution in [0.25, 0.3) is 0 Å². The van der Waals surface area contributed by atoms with Crippen molar-refractivity contribution in [3.8, 4) is 0 Å². The van der Waals surface area contributed by atoms with E-state index in [2.05, 4.69) is 0 Å². The van der Waals surface area contributed by atoms with Gasteiger partial charge in [-0.2, -0.15) is 0 Å². The Hall–Kier alpha value is -0.940. The van der Waals surface area contributed by atoms with E-state index in [1.54, 1.807) is 13.8 Å². The quantitative estimate of drug-likeness (QED) is 0.891. The van der Waals surface area contributed by atoms with Gasteiger partial charge in [-0.05, 0) is 26.3 Å². The average molecular weight is 252 g/mol. The summed E-state index contributed by atoms with van der Waals surface area (Å²) in [6, 6.07) is 9.90. The minimum absolute atomic E-state index is 0.234. The summed E-state index contributed by atoms with van der Waals surface area (Å²) in [5.74, 6) is -0.756. The lowest BCUT2D eigenvalue weighted by Crippen LogP contribution is -2.35. The molecule has 2 rings (SSSR count). The summed E-state index contributed by atoms with van der Waals surface area (Å²) in [6.45, 7) is 5.93. The van der Waals surface area contributed by atoms with E-state index < -0.39 is 18.2 Å². The van der Waals surface area contributed by atoms with Gasteiger partial charge in [0.15, 0.2) is 12.1 Å². The molecule has 3 atom stereocenters. The molecule has 0 aliphatic carbocycles. The first kappa shape index (κ1) is 13.5. The minimum atomic E-state index is -0.939. The number of benzene rings is 1. The molecule has 2 unspecified atom stereocenters. The first-order valence-electron chi connectivity index (χ1n) is 6.17. The van der Waals surface area contributed by atoms with Gasteiger partial charge < -0.3 is 19.3 Å². The molecular formula is C14H20O4. The van der Waals surface area contributed by atoms with Crippen LogP contribution < -0.4 is 0 Å². The van der Waals surface area contributed by atoms with Crippen LogP contribution in [0.3, 0.4) is 0 Å². The third-order valence-electron chi connectivity index (χ3n) is 2.92. The lowest BCUT2D eigenvalue weighted by Gasteiger charge is -2.21. The van der Waals surface area contributed by atoms with E-state index in [0.717, 1.165) is 5.56 Å². The summed E-state index contributed by atoms with van der Waals surface area (Å²) < 4.78 is 16.6. The molecule has 1 aromatic carbocycles. The second kappa shape index (κ2) is 5.36. The lowest BCUT2D eigenvalue weighted by atomic mass is 10.2. The van der Waals surface area contributed by atoms with Crippen molar-refractivity contribution in [2.75, 3.05) is 0 Å². The summed E-state index contributed by atoms with van der Waals surface area (Å²) in [7, 11) is 0. The zero-order valence-corrected chi connectivity index (χ0v) is 11.0. The van der Waals surface area contributed by atoms with Crippen molar-refractivity contribution in [3.05, 3.63) is 35.9 Å². The highest BCUT2D eigenvalue weighted by molar-refractivity contribution is 5.13. The SMILES string of the molecule is C[C@H](OCc1ccccc1)C1OC(C)(C)OC1O. The van der Waals surface area contributed by atoms with Gasteiger partial charge in [-0.3, -0.25) is 0 Å². The third kappa shape index (κ3) is 3.29. The molecule has 1 saturated heterocycles. The lowest BCUT2D eigenvalue weighted by molar-refractivity contribution is -0.175. The highest BCUT2D eigenvalue weighted by Gasteiger charge is 2.43. The van der Waals surface area contributed by atoms with Crippen LogP contribution in [0.1, 0.15) is 26.3 Å². The number of aliphatic hydroxyl groups excluding tert-OH is 1. The Morgan fingerprint density at radius 3 is 2.50 bits per heavy atom. The van der Waals surface area contributed by atoms with Gasteiger partial charge in [0.05, 0.1) is 12.7 Å². The van der Waals surface area contributed by atoms with Crippen LogP contribution in [0.5, 0.6) is 0 Å². The van der Waals surface area contributed by atoms with Gasteiger partial charge in [-0.1, -0.05) is 30.3 Å². The second-order valence-electron chi connectivity index (χ2n) is 4.99. The van der Waals surface area contributed by atoms with Crippen molar-refractivity contribution in [3.63, 3.8) is 0 Å². The van der Waals surface area contributed by atoms with E-state index >= 15 is 0 Å². The zero-order chi connectivity index (χ0) is 13.2. The third-order valence-corrected chi connectivity index (χ3v) is 2.92. The predicted octanol–water partition coefficient (Wildman–Crippen LogP) is 2.06. The van der Waals surface area contributed by atoms with E-state index in [4.69, 9.17) is 14.2 Å². The monoisotopic (exact) mass is 252 g/mol. The van der Waals surface area contributed by atoms with Crippen LogP contribution in [0.4, 0.5) is 0 Å². The minimum Gasteiger partial charge on any atom is -0.371 e. The van der Waals surface area contributed by atoms with Crippen LogP contribution >= 0.6 is 0 Å². The van der Waals surface area contributed by atoms with Crippen molar-refractivity contribution in [2.24, 2.45) is 0 Å². The average Bonchev–Trinajstić information content (AvgIpc) is 2.61. The highest BCUT2D eigenvalue weighted by atomic mass is 16.8. The maximum absolute atomic E-state index is 9.76. The molecule has 1 aliphatic rings. The standard InChI is InChI=1S/C14H20O4/c1-10(12-13(15)18-14(2,3)17-12)16-9-11-7-5-4-6-8-11/h4-8,10,12-13,15H,9H2,1-3H3/t10-,12?,13?/m0/s1. The van der Waals surface area contributed by atoms with E-state index in [0.29, 0.717) is 6.61 Å². The van der Waals surface area contributed by atoms with Crippen LogP contribution in [0.2, 0.25) is 0 Å². The van der Waals surface area contributed by atoms with Gasteiger partial charge in [0.1, 0.15) is 6.10 Å². The fourth-order valence-electron chi connectivity index (χ4n) is 2.00. The molecule has 4 heteroatoms. The summed E-state index contributed by atoms with van der Waals surface area (Å²) in [4.78, 5) is 0. The normalized spacial score (nSPS) is 28.2. The summed E-state index contributed by atoms with van der Waals surface area (Å²) >= 11 is 0. The first-order valence-corrected chi connectivity index (χ1v) is 6.17. The number of hydrogen-bond donors (Lipinski definition) is 1. The smallest absolute Gasteiger partial charge is 0.187 e. The molecule has 18 heavy (non-hydrogen) atoms. The van der Waals surface area contributed by atoms with Gasteiger partial charge in [0, 0.05) is 0 Å². The van der Waals surface area contributed by atoms with Gasteiger partial charge in [0.25, 0.3) is 0 Å². The fraction of sp³-hybridized carbons (Fsp3) is 0.571. The van der Waals surface area contributed by atoms with Crippen molar-refractivity contribution in [2.45, 2.75) is 51.7 Å². The summed E-state index contributed by atoms with van der Waals surface area (Å²) in [6.07, 6.45) is -1.63. The Morgan fingerprint density at radius 2 is 1.94 bits per heavy atom. The molecule has 0 radical (unpaired) electrons. The Labute approximate surface area is 107 Å². The Bertz CT molecular complexity index is 377. The van der Waals surface area contributed by atoms with Gasteiger partial charge in [0.2, 0.25) is 0 Å².